The first-order chi connectivity index (χ1) is 9.75. The zero-order valence-corrected chi connectivity index (χ0v) is 11.5. The van der Waals surface area contributed by atoms with E-state index in [1.54, 1.807) is 6.07 Å². The van der Waals surface area contributed by atoms with Crippen LogP contribution < -0.4 is 10.1 Å². The van der Waals surface area contributed by atoms with Crippen molar-refractivity contribution >= 4 is 0 Å². The van der Waals surface area contributed by atoms with Gasteiger partial charge in [-0.25, -0.2) is 4.39 Å². The number of rotatable bonds is 3. The van der Waals surface area contributed by atoms with Crippen molar-refractivity contribution in [2.45, 2.75) is 19.5 Å². The van der Waals surface area contributed by atoms with Gasteiger partial charge < -0.3 is 10.1 Å². The van der Waals surface area contributed by atoms with Crippen LogP contribution in [0.25, 0.3) is 0 Å². The Morgan fingerprint density at radius 2 is 1.90 bits per heavy atom. The standard InChI is InChI=1S/C17H18FNO/c1-12-11-20-16-9-5-3-7-14(16)17(12)19-10-13-6-2-4-8-15(13)18/h2-9,12,17,19H,10-11H2,1H3. The van der Waals surface area contributed by atoms with Crippen molar-refractivity contribution in [1.82, 2.24) is 5.32 Å². The van der Waals surface area contributed by atoms with E-state index in [0.717, 1.165) is 11.3 Å². The molecule has 2 atom stereocenters. The number of benzene rings is 2. The Morgan fingerprint density at radius 3 is 2.75 bits per heavy atom. The van der Waals surface area contributed by atoms with E-state index in [-0.39, 0.29) is 11.9 Å². The Kier molecular flexibility index (Phi) is 3.70. The first-order valence-electron chi connectivity index (χ1n) is 6.94. The lowest BCUT2D eigenvalue weighted by Crippen LogP contribution is -2.33. The molecule has 3 rings (SSSR count). The van der Waals surface area contributed by atoms with Gasteiger partial charge in [0.25, 0.3) is 0 Å². The van der Waals surface area contributed by atoms with Crippen molar-refractivity contribution in [3.63, 3.8) is 0 Å². The Balaban J connectivity index is 1.79. The number of para-hydroxylation sites is 1. The number of fused-ring (bicyclic) bond motifs is 1. The van der Waals surface area contributed by atoms with Gasteiger partial charge in [-0.1, -0.05) is 43.3 Å². The number of nitrogens with one attached hydrogen (secondary N) is 1. The summed E-state index contributed by atoms with van der Waals surface area (Å²) in [7, 11) is 0. The van der Waals surface area contributed by atoms with E-state index in [1.807, 2.05) is 30.3 Å². The summed E-state index contributed by atoms with van der Waals surface area (Å²) in [5.74, 6) is 1.13. The first-order valence-corrected chi connectivity index (χ1v) is 6.94. The van der Waals surface area contributed by atoms with Crippen LogP contribution in [-0.2, 0) is 6.54 Å². The first kappa shape index (κ1) is 13.1. The van der Waals surface area contributed by atoms with Gasteiger partial charge >= 0.3 is 0 Å². The van der Waals surface area contributed by atoms with Crippen LogP contribution in [0.3, 0.4) is 0 Å². The molecule has 2 unspecified atom stereocenters. The van der Waals surface area contributed by atoms with Gasteiger partial charge in [-0.2, -0.15) is 0 Å². The summed E-state index contributed by atoms with van der Waals surface area (Å²) in [5, 5.41) is 3.46. The third-order valence-electron chi connectivity index (χ3n) is 3.80. The van der Waals surface area contributed by atoms with Gasteiger partial charge in [0, 0.05) is 29.6 Å². The Hall–Kier alpha value is -1.87. The Labute approximate surface area is 118 Å². The summed E-state index contributed by atoms with van der Waals surface area (Å²) >= 11 is 0. The van der Waals surface area contributed by atoms with Gasteiger partial charge in [-0.05, 0) is 12.1 Å². The highest BCUT2D eigenvalue weighted by Crippen LogP contribution is 2.35. The summed E-state index contributed by atoms with van der Waals surface area (Å²) < 4.78 is 19.4. The molecule has 0 saturated carbocycles. The van der Waals surface area contributed by atoms with Crippen LogP contribution >= 0.6 is 0 Å². The second-order valence-corrected chi connectivity index (χ2v) is 5.28. The summed E-state index contributed by atoms with van der Waals surface area (Å²) in [6.07, 6.45) is 0. The summed E-state index contributed by atoms with van der Waals surface area (Å²) in [6, 6.07) is 15.1. The lowest BCUT2D eigenvalue weighted by atomic mass is 9.92. The molecule has 20 heavy (non-hydrogen) atoms. The van der Waals surface area contributed by atoms with Gasteiger partial charge in [0.05, 0.1) is 6.61 Å². The maximum atomic E-state index is 13.7. The highest BCUT2D eigenvalue weighted by molar-refractivity contribution is 5.38. The third-order valence-corrected chi connectivity index (χ3v) is 3.80. The molecule has 3 heteroatoms. The lowest BCUT2D eigenvalue weighted by molar-refractivity contribution is 0.187. The minimum atomic E-state index is -0.159. The smallest absolute Gasteiger partial charge is 0.127 e. The molecule has 0 spiro atoms. The lowest BCUT2D eigenvalue weighted by Gasteiger charge is -2.32. The van der Waals surface area contributed by atoms with Crippen molar-refractivity contribution in [3.8, 4) is 5.75 Å². The van der Waals surface area contributed by atoms with Crippen LogP contribution in [0, 0.1) is 11.7 Å². The molecular weight excluding hydrogens is 253 g/mol. The Bertz CT molecular complexity index is 599. The zero-order chi connectivity index (χ0) is 13.9. The zero-order valence-electron chi connectivity index (χ0n) is 11.5. The molecular formula is C17H18FNO. The molecule has 104 valence electrons. The summed E-state index contributed by atoms with van der Waals surface area (Å²) in [4.78, 5) is 0. The molecule has 0 saturated heterocycles. The SMILES string of the molecule is CC1COc2ccccc2C1NCc1ccccc1F. The van der Waals surface area contributed by atoms with Gasteiger partial charge in [-0.15, -0.1) is 0 Å². The molecule has 0 aromatic heterocycles. The molecule has 0 fully saturated rings. The highest BCUT2D eigenvalue weighted by Gasteiger charge is 2.27. The highest BCUT2D eigenvalue weighted by atomic mass is 19.1. The van der Waals surface area contributed by atoms with E-state index in [4.69, 9.17) is 4.74 Å². The molecule has 0 aliphatic carbocycles. The number of ether oxygens (including phenoxy) is 1. The summed E-state index contributed by atoms with van der Waals surface area (Å²) in [6.45, 7) is 3.36. The second-order valence-electron chi connectivity index (χ2n) is 5.28. The van der Waals surface area contributed by atoms with Gasteiger partial charge in [0.2, 0.25) is 0 Å². The van der Waals surface area contributed by atoms with Crippen molar-refractivity contribution in [3.05, 3.63) is 65.5 Å². The minimum absolute atomic E-state index is 0.159. The van der Waals surface area contributed by atoms with Crippen LogP contribution in [0.15, 0.2) is 48.5 Å². The second kappa shape index (κ2) is 5.63. The minimum Gasteiger partial charge on any atom is -0.493 e. The van der Waals surface area contributed by atoms with Gasteiger partial charge in [0.1, 0.15) is 11.6 Å². The fourth-order valence-corrected chi connectivity index (χ4v) is 2.67. The number of hydrogen-bond acceptors (Lipinski definition) is 2. The molecule has 1 N–H and O–H groups in total. The number of hydrogen-bond donors (Lipinski definition) is 1. The fourth-order valence-electron chi connectivity index (χ4n) is 2.67. The normalized spacial score (nSPS) is 21.1. The van der Waals surface area contributed by atoms with Crippen molar-refractivity contribution in [1.29, 1.82) is 0 Å². The fraction of sp³-hybridized carbons (Fsp3) is 0.294. The average Bonchev–Trinajstić information content (AvgIpc) is 2.48. The molecule has 1 heterocycles. The molecule has 2 nitrogen and oxygen atoms in total. The van der Waals surface area contributed by atoms with Crippen LogP contribution in [0.4, 0.5) is 4.39 Å². The molecule has 2 aromatic carbocycles. The Morgan fingerprint density at radius 1 is 1.15 bits per heavy atom. The van der Waals surface area contributed by atoms with E-state index >= 15 is 0 Å². The van der Waals surface area contributed by atoms with Crippen molar-refractivity contribution < 1.29 is 9.13 Å². The van der Waals surface area contributed by atoms with Gasteiger partial charge in [0.15, 0.2) is 0 Å². The molecule has 0 radical (unpaired) electrons. The molecule has 1 aliphatic rings. The summed E-state index contributed by atoms with van der Waals surface area (Å²) in [5.41, 5.74) is 1.85. The quantitative estimate of drug-likeness (QED) is 0.919. The molecule has 1 aliphatic heterocycles. The predicted molar refractivity (Wildman–Crippen MR) is 77.1 cm³/mol. The van der Waals surface area contributed by atoms with Gasteiger partial charge in [-0.3, -0.25) is 0 Å². The molecule has 2 aromatic rings. The van der Waals surface area contributed by atoms with Crippen LogP contribution in [-0.4, -0.2) is 6.61 Å². The maximum Gasteiger partial charge on any atom is 0.127 e. The monoisotopic (exact) mass is 271 g/mol. The number of halogens is 1. The van der Waals surface area contributed by atoms with E-state index < -0.39 is 0 Å². The van der Waals surface area contributed by atoms with E-state index in [1.165, 1.54) is 6.07 Å². The maximum absolute atomic E-state index is 13.7. The van der Waals surface area contributed by atoms with Crippen LogP contribution in [0.5, 0.6) is 5.75 Å². The topological polar surface area (TPSA) is 21.3 Å². The molecule has 0 amide bonds. The van der Waals surface area contributed by atoms with E-state index in [9.17, 15) is 4.39 Å². The largest absolute Gasteiger partial charge is 0.493 e. The van der Waals surface area contributed by atoms with Crippen LogP contribution in [0.1, 0.15) is 24.1 Å². The van der Waals surface area contributed by atoms with Crippen molar-refractivity contribution in [2.75, 3.05) is 6.61 Å². The average molecular weight is 271 g/mol. The third kappa shape index (κ3) is 2.54. The molecule has 0 bridgehead atoms. The van der Waals surface area contributed by atoms with E-state index in [2.05, 4.69) is 18.3 Å². The van der Waals surface area contributed by atoms with Crippen LogP contribution in [0.2, 0.25) is 0 Å². The van der Waals surface area contributed by atoms with Crippen molar-refractivity contribution in [2.24, 2.45) is 5.92 Å². The predicted octanol–water partition coefficient (Wildman–Crippen LogP) is 3.69. The van der Waals surface area contributed by atoms with E-state index in [0.29, 0.717) is 24.6 Å².